The van der Waals surface area contributed by atoms with Crippen molar-refractivity contribution in [2.24, 2.45) is 0 Å². The highest BCUT2D eigenvalue weighted by Gasteiger charge is 2.22. The minimum Gasteiger partial charge on any atom is -0.327 e. The Balaban J connectivity index is 2.29. The number of aromatic nitrogens is 2. The quantitative estimate of drug-likeness (QED) is 0.767. The van der Waals surface area contributed by atoms with E-state index in [1.807, 2.05) is 12.1 Å². The van der Waals surface area contributed by atoms with E-state index in [2.05, 4.69) is 50.2 Å². The molecule has 0 unspecified atom stereocenters. The molecular formula is C18H28ClN3. The fourth-order valence-corrected chi connectivity index (χ4v) is 3.06. The molecule has 0 atom stereocenters. The standard InChI is InChI=1S/C18H28ClN3/c1-6-21(7-2)11-8-12-22-16-10-9-14(19)13-15(16)20-17(22)18(3,4)5/h9-10,13H,6-8,11-12H2,1-5H3. The first kappa shape index (κ1) is 17.3. The van der Waals surface area contributed by atoms with Gasteiger partial charge < -0.3 is 9.47 Å². The van der Waals surface area contributed by atoms with E-state index >= 15 is 0 Å². The van der Waals surface area contributed by atoms with Gasteiger partial charge in [-0.15, -0.1) is 0 Å². The fraction of sp³-hybridized carbons (Fsp3) is 0.611. The van der Waals surface area contributed by atoms with Gasteiger partial charge >= 0.3 is 0 Å². The summed E-state index contributed by atoms with van der Waals surface area (Å²) in [7, 11) is 0. The van der Waals surface area contributed by atoms with Crippen LogP contribution in [0.1, 0.15) is 46.9 Å². The van der Waals surface area contributed by atoms with E-state index < -0.39 is 0 Å². The zero-order valence-electron chi connectivity index (χ0n) is 14.5. The van der Waals surface area contributed by atoms with Crippen molar-refractivity contribution >= 4 is 22.6 Å². The van der Waals surface area contributed by atoms with Crippen molar-refractivity contribution in [1.82, 2.24) is 14.5 Å². The molecule has 0 bridgehead atoms. The Morgan fingerprint density at radius 3 is 2.45 bits per heavy atom. The molecule has 0 N–H and O–H groups in total. The highest BCUT2D eigenvalue weighted by molar-refractivity contribution is 6.31. The number of aryl methyl sites for hydroxylation is 1. The minimum atomic E-state index is 0.0285. The number of hydrogen-bond donors (Lipinski definition) is 0. The molecule has 0 aliphatic carbocycles. The highest BCUT2D eigenvalue weighted by Crippen LogP contribution is 2.28. The molecule has 2 aromatic rings. The molecular weight excluding hydrogens is 294 g/mol. The summed E-state index contributed by atoms with van der Waals surface area (Å²) in [5.74, 6) is 1.14. The smallest absolute Gasteiger partial charge is 0.115 e. The van der Waals surface area contributed by atoms with Crippen LogP contribution in [0.2, 0.25) is 5.02 Å². The van der Waals surface area contributed by atoms with Gasteiger partial charge in [0, 0.05) is 17.0 Å². The minimum absolute atomic E-state index is 0.0285. The molecule has 1 aromatic heterocycles. The van der Waals surface area contributed by atoms with Crippen LogP contribution < -0.4 is 0 Å². The maximum atomic E-state index is 6.12. The zero-order chi connectivity index (χ0) is 16.3. The van der Waals surface area contributed by atoms with Crippen molar-refractivity contribution in [1.29, 1.82) is 0 Å². The molecule has 0 spiro atoms. The summed E-state index contributed by atoms with van der Waals surface area (Å²) in [5, 5.41) is 0.751. The fourth-order valence-electron chi connectivity index (χ4n) is 2.89. The van der Waals surface area contributed by atoms with Crippen molar-refractivity contribution in [2.75, 3.05) is 19.6 Å². The molecule has 22 heavy (non-hydrogen) atoms. The van der Waals surface area contributed by atoms with Crippen molar-refractivity contribution in [3.05, 3.63) is 29.0 Å². The highest BCUT2D eigenvalue weighted by atomic mass is 35.5. The van der Waals surface area contributed by atoms with Crippen LogP contribution in [-0.2, 0) is 12.0 Å². The molecule has 0 aliphatic rings. The van der Waals surface area contributed by atoms with Crippen LogP contribution in [0.3, 0.4) is 0 Å². The summed E-state index contributed by atoms with van der Waals surface area (Å²) in [4.78, 5) is 7.31. The zero-order valence-corrected chi connectivity index (χ0v) is 15.2. The molecule has 0 saturated heterocycles. The predicted octanol–water partition coefficient (Wildman–Crippen LogP) is 4.72. The summed E-state index contributed by atoms with van der Waals surface area (Å²) in [6, 6.07) is 6.02. The van der Waals surface area contributed by atoms with Gasteiger partial charge in [-0.25, -0.2) is 4.98 Å². The second-order valence-electron chi connectivity index (χ2n) is 6.85. The summed E-state index contributed by atoms with van der Waals surface area (Å²) in [5.41, 5.74) is 2.22. The maximum absolute atomic E-state index is 6.12. The van der Waals surface area contributed by atoms with Crippen molar-refractivity contribution in [3.63, 3.8) is 0 Å². The lowest BCUT2D eigenvalue weighted by molar-refractivity contribution is 0.292. The Kier molecular flexibility index (Phi) is 5.51. The molecule has 0 saturated carbocycles. The number of halogens is 1. The molecule has 4 heteroatoms. The van der Waals surface area contributed by atoms with E-state index in [0.29, 0.717) is 0 Å². The van der Waals surface area contributed by atoms with Crippen molar-refractivity contribution in [2.45, 2.75) is 53.0 Å². The van der Waals surface area contributed by atoms with E-state index in [1.54, 1.807) is 0 Å². The van der Waals surface area contributed by atoms with E-state index in [4.69, 9.17) is 16.6 Å². The second-order valence-corrected chi connectivity index (χ2v) is 7.29. The first-order valence-corrected chi connectivity index (χ1v) is 8.63. The van der Waals surface area contributed by atoms with Gasteiger partial charge in [0.1, 0.15) is 5.82 Å². The van der Waals surface area contributed by atoms with Gasteiger partial charge in [-0.2, -0.15) is 0 Å². The van der Waals surface area contributed by atoms with E-state index in [0.717, 1.165) is 49.0 Å². The number of nitrogens with zero attached hydrogens (tertiary/aromatic N) is 3. The number of imidazole rings is 1. The summed E-state index contributed by atoms with van der Waals surface area (Å²) >= 11 is 6.12. The summed E-state index contributed by atoms with van der Waals surface area (Å²) in [6.07, 6.45) is 1.14. The topological polar surface area (TPSA) is 21.1 Å². The third-order valence-electron chi connectivity index (χ3n) is 4.13. The van der Waals surface area contributed by atoms with E-state index in [-0.39, 0.29) is 5.41 Å². The third-order valence-corrected chi connectivity index (χ3v) is 4.37. The number of fused-ring (bicyclic) bond motifs is 1. The van der Waals surface area contributed by atoms with Gasteiger partial charge in [-0.3, -0.25) is 0 Å². The summed E-state index contributed by atoms with van der Waals surface area (Å²) < 4.78 is 2.37. The van der Waals surface area contributed by atoms with Crippen LogP contribution in [-0.4, -0.2) is 34.1 Å². The Hall–Kier alpha value is -1.06. The SMILES string of the molecule is CCN(CC)CCCn1c(C(C)(C)C)nc2cc(Cl)ccc21. The second kappa shape index (κ2) is 7.01. The average molecular weight is 322 g/mol. The molecule has 122 valence electrons. The molecule has 1 heterocycles. The monoisotopic (exact) mass is 321 g/mol. The van der Waals surface area contributed by atoms with Crippen LogP contribution in [0, 0.1) is 0 Å². The molecule has 0 amide bonds. The van der Waals surface area contributed by atoms with Gasteiger partial charge in [-0.1, -0.05) is 46.2 Å². The molecule has 0 radical (unpaired) electrons. The van der Waals surface area contributed by atoms with E-state index in [9.17, 15) is 0 Å². The van der Waals surface area contributed by atoms with Gasteiger partial charge in [0.15, 0.2) is 0 Å². The van der Waals surface area contributed by atoms with Crippen LogP contribution in [0.5, 0.6) is 0 Å². The lowest BCUT2D eigenvalue weighted by atomic mass is 9.95. The Morgan fingerprint density at radius 2 is 1.86 bits per heavy atom. The van der Waals surface area contributed by atoms with Gasteiger partial charge in [0.25, 0.3) is 0 Å². The molecule has 0 fully saturated rings. The Labute approximate surface area is 139 Å². The van der Waals surface area contributed by atoms with Crippen molar-refractivity contribution < 1.29 is 0 Å². The Bertz CT molecular complexity index is 621. The van der Waals surface area contributed by atoms with E-state index in [1.165, 1.54) is 5.52 Å². The first-order valence-electron chi connectivity index (χ1n) is 8.25. The Morgan fingerprint density at radius 1 is 1.18 bits per heavy atom. The van der Waals surface area contributed by atoms with Crippen LogP contribution >= 0.6 is 11.6 Å². The van der Waals surface area contributed by atoms with Gasteiger partial charge in [0.05, 0.1) is 11.0 Å². The van der Waals surface area contributed by atoms with Crippen LogP contribution in [0.25, 0.3) is 11.0 Å². The lowest BCUT2D eigenvalue weighted by Gasteiger charge is -2.22. The molecule has 2 rings (SSSR count). The molecule has 0 aliphatic heterocycles. The van der Waals surface area contributed by atoms with Gasteiger partial charge in [-0.05, 0) is 44.3 Å². The van der Waals surface area contributed by atoms with Gasteiger partial charge in [0.2, 0.25) is 0 Å². The number of rotatable bonds is 6. The number of benzene rings is 1. The largest absolute Gasteiger partial charge is 0.327 e. The number of hydrogen-bond acceptors (Lipinski definition) is 2. The van der Waals surface area contributed by atoms with Crippen molar-refractivity contribution in [3.8, 4) is 0 Å². The molecule has 3 nitrogen and oxygen atoms in total. The predicted molar refractivity (Wildman–Crippen MR) is 95.8 cm³/mol. The van der Waals surface area contributed by atoms with Crippen LogP contribution in [0.15, 0.2) is 18.2 Å². The van der Waals surface area contributed by atoms with Crippen LogP contribution in [0.4, 0.5) is 0 Å². The third kappa shape index (κ3) is 3.82. The average Bonchev–Trinajstić information content (AvgIpc) is 2.81. The first-order chi connectivity index (χ1) is 10.4. The molecule has 1 aromatic carbocycles. The lowest BCUT2D eigenvalue weighted by Crippen LogP contribution is -2.26. The summed E-state index contributed by atoms with van der Waals surface area (Å²) in [6.45, 7) is 15.5. The maximum Gasteiger partial charge on any atom is 0.115 e. The normalized spacial score (nSPS) is 12.5.